The molecule has 9 atom stereocenters. The molecule has 2 saturated heterocycles. The number of Topliss-reactive ketones (excluding diaryl/α,β-unsaturated/α-hetero) is 1. The first-order valence-electron chi connectivity index (χ1n) is 9.61. The van der Waals surface area contributed by atoms with E-state index in [-0.39, 0.29) is 5.82 Å². The van der Waals surface area contributed by atoms with E-state index in [1.54, 1.807) is 0 Å². The number of nitrogens with two attached hydrogens (primary N) is 1. The molecule has 0 aromatic carbocycles. The molecule has 17 nitrogen and oxygen atoms in total. The zero-order chi connectivity index (χ0) is 25.4. The molecule has 0 radical (unpaired) electrons. The van der Waals surface area contributed by atoms with Crippen molar-refractivity contribution in [2.24, 2.45) is 0 Å². The monoisotopic (exact) mass is 531 g/mol. The normalized spacial score (nSPS) is 35.6. The minimum Gasteiger partial charge on any atom is -0.387 e. The molecule has 19 heteroatoms. The Morgan fingerprint density at radius 1 is 1.18 bits per heavy atom. The van der Waals surface area contributed by atoms with E-state index in [1.165, 1.54) is 13.0 Å². The molecule has 0 saturated carbocycles. The van der Waals surface area contributed by atoms with E-state index in [0.717, 1.165) is 10.8 Å². The number of carbonyl (C=O) groups is 1. The van der Waals surface area contributed by atoms with Gasteiger partial charge < -0.3 is 40.3 Å². The molecule has 2 aliphatic rings. The van der Waals surface area contributed by atoms with E-state index in [2.05, 4.69) is 18.3 Å². The molecular formula is C15H23N3O14P2. The van der Waals surface area contributed by atoms with Gasteiger partial charge in [-0.25, -0.2) is 13.9 Å². The molecule has 0 bridgehead atoms. The van der Waals surface area contributed by atoms with E-state index in [9.17, 15) is 43.8 Å². The first-order valence-corrected chi connectivity index (χ1v) is 12.6. The average Bonchev–Trinajstić information content (AvgIpc) is 2.98. The average molecular weight is 531 g/mol. The molecule has 2 fully saturated rings. The van der Waals surface area contributed by atoms with Gasteiger partial charge in [-0.05, 0) is 13.0 Å². The number of carbonyl (C=O) groups excluding carboxylic acids is 1. The molecule has 3 rings (SSSR count). The minimum absolute atomic E-state index is 0.101. The number of anilines is 1. The SMILES string of the molecule is C[C@H]1OC(OP(=O)(O)OP(=O)(O)OC[C@H]2O[C@@H](n3ccc(N)nc3=O)[C@H](O)[C@@H]2O)[C@H](O)CC1=O. The van der Waals surface area contributed by atoms with Gasteiger partial charge in [-0.1, -0.05) is 0 Å². The van der Waals surface area contributed by atoms with Crippen LogP contribution in [-0.2, 0) is 36.8 Å². The van der Waals surface area contributed by atoms with Crippen molar-refractivity contribution < 1.29 is 61.9 Å². The number of phosphoric acid groups is 2. The lowest BCUT2D eigenvalue weighted by molar-refractivity contribution is -0.202. The Labute approximate surface area is 190 Å². The summed E-state index contributed by atoms with van der Waals surface area (Å²) in [7, 11) is -10.7. The van der Waals surface area contributed by atoms with Crippen molar-refractivity contribution in [2.75, 3.05) is 12.3 Å². The summed E-state index contributed by atoms with van der Waals surface area (Å²) in [5.74, 6) is -0.597. The van der Waals surface area contributed by atoms with Crippen molar-refractivity contribution in [3.05, 3.63) is 22.7 Å². The van der Waals surface area contributed by atoms with E-state index >= 15 is 0 Å². The summed E-state index contributed by atoms with van der Waals surface area (Å²) in [6, 6.07) is 1.23. The lowest BCUT2D eigenvalue weighted by Crippen LogP contribution is -2.44. The van der Waals surface area contributed by atoms with Crippen molar-refractivity contribution in [1.29, 1.82) is 0 Å². The van der Waals surface area contributed by atoms with Crippen LogP contribution in [0, 0.1) is 0 Å². The number of hydrogen-bond donors (Lipinski definition) is 6. The maximum Gasteiger partial charge on any atom is 0.483 e. The number of ketones is 1. The second kappa shape index (κ2) is 10.2. The van der Waals surface area contributed by atoms with Gasteiger partial charge in [0.25, 0.3) is 0 Å². The number of ether oxygens (including phenoxy) is 2. The van der Waals surface area contributed by atoms with Gasteiger partial charge in [0.05, 0.1) is 6.61 Å². The fraction of sp³-hybridized carbons (Fsp3) is 0.667. The second-order valence-electron chi connectivity index (χ2n) is 7.39. The van der Waals surface area contributed by atoms with Gasteiger partial charge in [0.1, 0.15) is 36.3 Å². The van der Waals surface area contributed by atoms with Crippen molar-refractivity contribution >= 4 is 27.2 Å². The quantitative estimate of drug-likeness (QED) is 0.194. The molecule has 7 N–H and O–H groups in total. The Morgan fingerprint density at radius 2 is 1.85 bits per heavy atom. The molecule has 192 valence electrons. The summed E-state index contributed by atoms with van der Waals surface area (Å²) in [5.41, 5.74) is 4.47. The van der Waals surface area contributed by atoms with Crippen LogP contribution in [0.25, 0.3) is 0 Å². The topological polar surface area (TPSA) is 259 Å². The molecule has 1 aromatic heterocycles. The first-order chi connectivity index (χ1) is 15.7. The van der Waals surface area contributed by atoms with Gasteiger partial charge in [-0.15, -0.1) is 0 Å². The van der Waals surface area contributed by atoms with E-state index in [4.69, 9.17) is 15.2 Å². The highest BCUT2D eigenvalue weighted by Gasteiger charge is 2.47. The number of aliphatic hydroxyl groups excluding tert-OH is 3. The Morgan fingerprint density at radius 3 is 2.50 bits per heavy atom. The number of aliphatic hydroxyl groups is 3. The van der Waals surface area contributed by atoms with Crippen LogP contribution in [0.4, 0.5) is 5.82 Å². The Hall–Kier alpha value is -1.59. The third kappa shape index (κ3) is 6.34. The fourth-order valence-electron chi connectivity index (χ4n) is 3.12. The van der Waals surface area contributed by atoms with E-state index in [0.29, 0.717) is 0 Å². The Bertz CT molecular complexity index is 1070. The zero-order valence-electron chi connectivity index (χ0n) is 17.4. The Kier molecular flexibility index (Phi) is 8.09. The Balaban J connectivity index is 1.59. The minimum atomic E-state index is -5.38. The number of rotatable bonds is 8. The summed E-state index contributed by atoms with van der Waals surface area (Å²) in [4.78, 5) is 46.4. The van der Waals surface area contributed by atoms with Crippen LogP contribution < -0.4 is 11.4 Å². The third-order valence-electron chi connectivity index (χ3n) is 4.82. The fourth-order valence-corrected chi connectivity index (χ4v) is 5.29. The highest BCUT2D eigenvalue weighted by molar-refractivity contribution is 7.61. The van der Waals surface area contributed by atoms with Crippen LogP contribution in [0.3, 0.4) is 0 Å². The van der Waals surface area contributed by atoms with Gasteiger partial charge in [0.15, 0.2) is 18.3 Å². The molecule has 0 amide bonds. The largest absolute Gasteiger partial charge is 0.483 e. The van der Waals surface area contributed by atoms with Crippen LogP contribution >= 0.6 is 15.6 Å². The lowest BCUT2D eigenvalue weighted by Gasteiger charge is -2.31. The number of phosphoric ester groups is 2. The summed E-state index contributed by atoms with van der Waals surface area (Å²) >= 11 is 0. The predicted octanol–water partition coefficient (Wildman–Crippen LogP) is -2.24. The summed E-state index contributed by atoms with van der Waals surface area (Å²) in [5, 5.41) is 30.0. The van der Waals surface area contributed by atoms with E-state index < -0.39 is 83.2 Å². The molecule has 3 heterocycles. The smallest absolute Gasteiger partial charge is 0.387 e. The van der Waals surface area contributed by atoms with Crippen molar-refractivity contribution in [3.8, 4) is 0 Å². The van der Waals surface area contributed by atoms with Crippen molar-refractivity contribution in [3.63, 3.8) is 0 Å². The van der Waals surface area contributed by atoms with Crippen LogP contribution in [0.5, 0.6) is 0 Å². The third-order valence-corrected chi connectivity index (χ3v) is 7.42. The van der Waals surface area contributed by atoms with Crippen LogP contribution in [0.1, 0.15) is 19.6 Å². The summed E-state index contributed by atoms with van der Waals surface area (Å²) < 4.78 is 48.5. The first kappa shape index (κ1) is 27.0. The number of nitrogen functional groups attached to an aromatic ring is 1. The summed E-state index contributed by atoms with van der Waals surface area (Å²) in [6.07, 6.45) is -10.2. The standard InChI is InChI=1S/C15H23N3O14P2/c1-6-7(19)4-8(20)14(29-6)31-34(26,27)32-33(24,25)28-5-9-11(21)12(22)13(30-9)18-3-2-10(16)17-15(18)23/h2-3,6,8-9,11-14,20-22H,4-5H2,1H3,(H,24,25)(H,26,27)(H2,16,17,23)/t6-,8-,9-,11-,12-,13-,14?/m1/s1. The van der Waals surface area contributed by atoms with Crippen molar-refractivity contribution in [2.45, 2.75) is 56.4 Å². The van der Waals surface area contributed by atoms with Gasteiger partial charge in [-0.2, -0.15) is 9.29 Å². The second-order valence-corrected chi connectivity index (χ2v) is 10.4. The lowest BCUT2D eigenvalue weighted by atomic mass is 10.1. The molecule has 0 spiro atoms. The zero-order valence-corrected chi connectivity index (χ0v) is 19.2. The molecule has 0 aliphatic carbocycles. The van der Waals surface area contributed by atoms with Crippen molar-refractivity contribution in [1.82, 2.24) is 9.55 Å². The highest BCUT2D eigenvalue weighted by atomic mass is 31.3. The van der Waals surface area contributed by atoms with Gasteiger partial charge in [-0.3, -0.25) is 18.4 Å². The van der Waals surface area contributed by atoms with Gasteiger partial charge in [0, 0.05) is 12.6 Å². The van der Waals surface area contributed by atoms with Crippen LogP contribution in [0.15, 0.2) is 17.1 Å². The summed E-state index contributed by atoms with van der Waals surface area (Å²) in [6.45, 7) is 0.366. The van der Waals surface area contributed by atoms with Crippen LogP contribution in [0.2, 0.25) is 0 Å². The number of aromatic nitrogens is 2. The molecule has 34 heavy (non-hydrogen) atoms. The number of hydrogen-bond acceptors (Lipinski definition) is 14. The molecule has 2 aliphatic heterocycles. The predicted molar refractivity (Wildman–Crippen MR) is 107 cm³/mol. The molecule has 3 unspecified atom stereocenters. The maximum atomic E-state index is 12.1. The van der Waals surface area contributed by atoms with Gasteiger partial charge >= 0.3 is 21.3 Å². The van der Waals surface area contributed by atoms with E-state index in [1.807, 2.05) is 0 Å². The van der Waals surface area contributed by atoms with Gasteiger partial charge in [0.2, 0.25) is 0 Å². The molecular weight excluding hydrogens is 508 g/mol. The maximum absolute atomic E-state index is 12.1. The molecule has 1 aromatic rings. The van der Waals surface area contributed by atoms with Crippen LogP contribution in [-0.4, -0.2) is 83.9 Å². The number of nitrogens with zero attached hydrogens (tertiary/aromatic N) is 2. The highest BCUT2D eigenvalue weighted by Crippen LogP contribution is 2.61.